The quantitative estimate of drug-likeness (QED) is 0.792. The highest BCUT2D eigenvalue weighted by Crippen LogP contribution is 2.34. The lowest BCUT2D eigenvalue weighted by Gasteiger charge is -2.21. The summed E-state index contributed by atoms with van der Waals surface area (Å²) in [5, 5.41) is 12.6. The van der Waals surface area contributed by atoms with Crippen LogP contribution in [0.1, 0.15) is 24.1 Å². The Morgan fingerprint density at radius 2 is 2.00 bits per heavy atom. The number of likely N-dealkylation sites (N-methyl/N-ethyl adjacent to an activating group) is 1. The van der Waals surface area contributed by atoms with Gasteiger partial charge in [-0.1, -0.05) is 6.92 Å². The number of ether oxygens (including phenoxy) is 2. The van der Waals surface area contributed by atoms with E-state index in [9.17, 15) is 5.11 Å². The fourth-order valence-electron chi connectivity index (χ4n) is 1.98. The van der Waals surface area contributed by atoms with Crippen molar-refractivity contribution in [2.24, 2.45) is 0 Å². The van der Waals surface area contributed by atoms with Gasteiger partial charge in [0.25, 0.3) is 0 Å². The molecule has 0 aliphatic carbocycles. The normalized spacial score (nSPS) is 12.3. The molecular weight excluding hydrogens is 218 g/mol. The van der Waals surface area contributed by atoms with Crippen molar-refractivity contribution in [1.82, 2.24) is 5.32 Å². The third kappa shape index (κ3) is 2.90. The molecule has 0 aliphatic rings. The fourth-order valence-corrected chi connectivity index (χ4v) is 1.98. The first-order valence-electron chi connectivity index (χ1n) is 5.75. The van der Waals surface area contributed by atoms with Gasteiger partial charge < -0.3 is 19.9 Å². The Balaban J connectivity index is 3.18. The number of aliphatic hydroxyl groups excluding tert-OH is 1. The second kappa shape index (κ2) is 6.47. The van der Waals surface area contributed by atoms with Crippen LogP contribution in [0.25, 0.3) is 0 Å². The van der Waals surface area contributed by atoms with Gasteiger partial charge >= 0.3 is 0 Å². The highest BCUT2D eigenvalue weighted by atomic mass is 16.5. The summed E-state index contributed by atoms with van der Waals surface area (Å²) < 4.78 is 10.7. The molecule has 0 saturated carbocycles. The van der Waals surface area contributed by atoms with Crippen molar-refractivity contribution in [3.8, 4) is 11.5 Å². The zero-order valence-corrected chi connectivity index (χ0v) is 10.9. The highest BCUT2D eigenvalue weighted by molar-refractivity contribution is 5.50. The Labute approximate surface area is 103 Å². The Bertz CT molecular complexity index is 366. The molecule has 0 spiro atoms. The lowest BCUT2D eigenvalue weighted by atomic mass is 10.0. The standard InChI is InChI=1S/C13H21NO3/c1-5-14-11(8-15)10-6-7-12(16-3)9(2)13(10)17-4/h6-7,11,14-15H,5,8H2,1-4H3. The summed E-state index contributed by atoms with van der Waals surface area (Å²) in [5.74, 6) is 1.56. The van der Waals surface area contributed by atoms with E-state index in [0.717, 1.165) is 29.2 Å². The Hall–Kier alpha value is -1.26. The maximum absolute atomic E-state index is 9.40. The third-order valence-corrected chi connectivity index (χ3v) is 2.82. The molecule has 1 aromatic rings. The minimum atomic E-state index is -0.112. The molecule has 1 unspecified atom stereocenters. The van der Waals surface area contributed by atoms with Gasteiger partial charge in [0, 0.05) is 11.1 Å². The van der Waals surface area contributed by atoms with E-state index >= 15 is 0 Å². The molecule has 1 rings (SSSR count). The van der Waals surface area contributed by atoms with E-state index < -0.39 is 0 Å². The lowest BCUT2D eigenvalue weighted by Crippen LogP contribution is -2.24. The van der Waals surface area contributed by atoms with Crippen molar-refractivity contribution in [3.05, 3.63) is 23.3 Å². The van der Waals surface area contributed by atoms with Crippen molar-refractivity contribution >= 4 is 0 Å². The molecule has 96 valence electrons. The topological polar surface area (TPSA) is 50.7 Å². The number of methoxy groups -OCH3 is 2. The number of hydrogen-bond donors (Lipinski definition) is 2. The molecule has 4 heteroatoms. The van der Waals surface area contributed by atoms with Crippen molar-refractivity contribution in [2.45, 2.75) is 19.9 Å². The summed E-state index contributed by atoms with van der Waals surface area (Å²) in [6.07, 6.45) is 0. The number of rotatable bonds is 6. The van der Waals surface area contributed by atoms with E-state index in [2.05, 4.69) is 5.32 Å². The maximum Gasteiger partial charge on any atom is 0.130 e. The van der Waals surface area contributed by atoms with Gasteiger partial charge in [-0.2, -0.15) is 0 Å². The van der Waals surface area contributed by atoms with Crippen LogP contribution in [0, 0.1) is 6.92 Å². The Kier molecular flexibility index (Phi) is 5.25. The van der Waals surface area contributed by atoms with Crippen molar-refractivity contribution < 1.29 is 14.6 Å². The van der Waals surface area contributed by atoms with Gasteiger partial charge in [-0.15, -0.1) is 0 Å². The van der Waals surface area contributed by atoms with Crippen LogP contribution in [0.5, 0.6) is 11.5 Å². The SMILES string of the molecule is CCNC(CO)c1ccc(OC)c(C)c1OC. The van der Waals surface area contributed by atoms with E-state index in [4.69, 9.17) is 9.47 Å². The van der Waals surface area contributed by atoms with Gasteiger partial charge in [0.15, 0.2) is 0 Å². The molecule has 4 nitrogen and oxygen atoms in total. The first kappa shape index (κ1) is 13.8. The molecule has 0 amide bonds. The van der Waals surface area contributed by atoms with Crippen LogP contribution >= 0.6 is 0 Å². The zero-order chi connectivity index (χ0) is 12.8. The Morgan fingerprint density at radius 1 is 1.29 bits per heavy atom. The first-order chi connectivity index (χ1) is 8.19. The van der Waals surface area contributed by atoms with Gasteiger partial charge in [-0.05, 0) is 25.6 Å². The van der Waals surface area contributed by atoms with Gasteiger partial charge in [0.2, 0.25) is 0 Å². The summed E-state index contributed by atoms with van der Waals surface area (Å²) in [6.45, 7) is 4.78. The molecule has 1 atom stereocenters. The molecular formula is C13H21NO3. The van der Waals surface area contributed by atoms with Crippen LogP contribution in [0.4, 0.5) is 0 Å². The van der Waals surface area contributed by atoms with Gasteiger partial charge in [-0.3, -0.25) is 0 Å². The van der Waals surface area contributed by atoms with Crippen molar-refractivity contribution in [2.75, 3.05) is 27.4 Å². The van der Waals surface area contributed by atoms with E-state index in [1.54, 1.807) is 14.2 Å². The van der Waals surface area contributed by atoms with Crippen LogP contribution in [0.2, 0.25) is 0 Å². The number of benzene rings is 1. The smallest absolute Gasteiger partial charge is 0.130 e. The van der Waals surface area contributed by atoms with Crippen LogP contribution < -0.4 is 14.8 Å². The van der Waals surface area contributed by atoms with E-state index in [1.165, 1.54) is 0 Å². The molecule has 0 aliphatic heterocycles. The number of hydrogen-bond acceptors (Lipinski definition) is 4. The summed E-state index contributed by atoms with van der Waals surface area (Å²) in [4.78, 5) is 0. The molecule has 0 fully saturated rings. The molecule has 0 bridgehead atoms. The molecule has 17 heavy (non-hydrogen) atoms. The van der Waals surface area contributed by atoms with Crippen LogP contribution in [-0.4, -0.2) is 32.5 Å². The molecule has 0 saturated heterocycles. The van der Waals surface area contributed by atoms with Crippen LogP contribution in [0.15, 0.2) is 12.1 Å². The summed E-state index contributed by atoms with van der Waals surface area (Å²) >= 11 is 0. The average molecular weight is 239 g/mol. The predicted molar refractivity (Wildman–Crippen MR) is 67.8 cm³/mol. The summed E-state index contributed by atoms with van der Waals surface area (Å²) in [6, 6.07) is 3.71. The van der Waals surface area contributed by atoms with E-state index in [0.29, 0.717) is 0 Å². The highest BCUT2D eigenvalue weighted by Gasteiger charge is 2.18. The number of aliphatic hydroxyl groups is 1. The number of nitrogens with one attached hydrogen (secondary N) is 1. The predicted octanol–water partition coefficient (Wildman–Crippen LogP) is 1.66. The lowest BCUT2D eigenvalue weighted by molar-refractivity contribution is 0.242. The zero-order valence-electron chi connectivity index (χ0n) is 10.9. The second-order valence-electron chi connectivity index (χ2n) is 3.81. The van der Waals surface area contributed by atoms with Crippen LogP contribution in [0.3, 0.4) is 0 Å². The van der Waals surface area contributed by atoms with Gasteiger partial charge in [0.05, 0.1) is 26.9 Å². The molecule has 0 aromatic heterocycles. The van der Waals surface area contributed by atoms with Crippen molar-refractivity contribution in [3.63, 3.8) is 0 Å². The van der Waals surface area contributed by atoms with Crippen molar-refractivity contribution in [1.29, 1.82) is 0 Å². The fraction of sp³-hybridized carbons (Fsp3) is 0.538. The third-order valence-electron chi connectivity index (χ3n) is 2.82. The van der Waals surface area contributed by atoms with E-state index in [1.807, 2.05) is 26.0 Å². The van der Waals surface area contributed by atoms with E-state index in [-0.39, 0.29) is 12.6 Å². The van der Waals surface area contributed by atoms with Gasteiger partial charge in [0.1, 0.15) is 11.5 Å². The summed E-state index contributed by atoms with van der Waals surface area (Å²) in [5.41, 5.74) is 1.90. The van der Waals surface area contributed by atoms with Gasteiger partial charge in [-0.25, -0.2) is 0 Å². The largest absolute Gasteiger partial charge is 0.496 e. The molecule has 1 aromatic carbocycles. The average Bonchev–Trinajstić information content (AvgIpc) is 2.35. The van der Waals surface area contributed by atoms with Crippen LogP contribution in [-0.2, 0) is 0 Å². The first-order valence-corrected chi connectivity index (χ1v) is 5.75. The summed E-state index contributed by atoms with van der Waals surface area (Å²) in [7, 11) is 3.26. The minimum absolute atomic E-state index is 0.0377. The maximum atomic E-state index is 9.40. The molecule has 0 radical (unpaired) electrons. The molecule has 2 N–H and O–H groups in total. The Morgan fingerprint density at radius 3 is 2.47 bits per heavy atom. The monoisotopic (exact) mass is 239 g/mol. The molecule has 0 heterocycles. The second-order valence-corrected chi connectivity index (χ2v) is 3.81. The minimum Gasteiger partial charge on any atom is -0.496 e.